The van der Waals surface area contributed by atoms with Crippen LogP contribution in [0.25, 0.3) is 11.1 Å². The molecule has 1 aliphatic heterocycles. The summed E-state index contributed by atoms with van der Waals surface area (Å²) in [5.74, 6) is -1.25. The smallest absolute Gasteiger partial charge is 0.416 e. The lowest BCUT2D eigenvalue weighted by molar-refractivity contribution is -0.201. The van der Waals surface area contributed by atoms with Gasteiger partial charge in [0.25, 0.3) is 5.91 Å². The summed E-state index contributed by atoms with van der Waals surface area (Å²) < 4.78 is 86.1. The summed E-state index contributed by atoms with van der Waals surface area (Å²) in [6.45, 7) is 1.13. The Balaban J connectivity index is 1.76. The number of aromatic nitrogens is 4. The number of amides is 1. The second-order valence-electron chi connectivity index (χ2n) is 8.23. The van der Waals surface area contributed by atoms with E-state index in [1.54, 1.807) is 24.3 Å². The fourth-order valence-corrected chi connectivity index (χ4v) is 3.93. The summed E-state index contributed by atoms with van der Waals surface area (Å²) in [4.78, 5) is 13.2. The van der Waals surface area contributed by atoms with Crippen LogP contribution in [-0.2, 0) is 10.3 Å². The second-order valence-corrected chi connectivity index (χ2v) is 8.23. The molecular formula is C23H19F6N5O2. The highest BCUT2D eigenvalue weighted by Crippen LogP contribution is 2.49. The van der Waals surface area contributed by atoms with Crippen LogP contribution in [0.3, 0.4) is 0 Å². The van der Waals surface area contributed by atoms with Crippen LogP contribution in [0.15, 0.2) is 48.5 Å². The average Bonchev–Trinajstić information content (AvgIpc) is 3.32. The number of nitrogens with one attached hydrogen (secondary N) is 2. The minimum Gasteiger partial charge on any atom is -0.493 e. The van der Waals surface area contributed by atoms with Crippen LogP contribution in [0.1, 0.15) is 35.4 Å². The number of ether oxygens (including phenoxy) is 1. The lowest BCUT2D eigenvalue weighted by Crippen LogP contribution is -2.58. The second kappa shape index (κ2) is 9.28. The van der Waals surface area contributed by atoms with Crippen molar-refractivity contribution in [2.75, 3.05) is 6.61 Å². The van der Waals surface area contributed by atoms with Crippen molar-refractivity contribution in [3.63, 3.8) is 0 Å². The first-order valence-corrected chi connectivity index (χ1v) is 10.6. The molecule has 190 valence electrons. The number of aryl methyl sites for hydroxylation is 1. The number of carbonyl (C=O) groups is 1. The van der Waals surface area contributed by atoms with Gasteiger partial charge >= 0.3 is 12.4 Å². The molecule has 0 saturated carbocycles. The van der Waals surface area contributed by atoms with Crippen LogP contribution in [0, 0.1) is 6.92 Å². The molecule has 1 amide bonds. The van der Waals surface area contributed by atoms with E-state index in [1.807, 2.05) is 6.92 Å². The van der Waals surface area contributed by atoms with Crippen molar-refractivity contribution in [2.45, 2.75) is 37.7 Å². The molecule has 3 aromatic rings. The van der Waals surface area contributed by atoms with Gasteiger partial charge in [0, 0.05) is 6.42 Å². The molecule has 0 bridgehead atoms. The Labute approximate surface area is 200 Å². The largest absolute Gasteiger partial charge is 0.493 e. The summed E-state index contributed by atoms with van der Waals surface area (Å²) in [6, 6.07) is 11.0. The van der Waals surface area contributed by atoms with Crippen LogP contribution >= 0.6 is 0 Å². The monoisotopic (exact) mass is 511 g/mol. The van der Waals surface area contributed by atoms with Crippen LogP contribution in [0.2, 0.25) is 0 Å². The third kappa shape index (κ3) is 5.04. The molecule has 36 heavy (non-hydrogen) atoms. The van der Waals surface area contributed by atoms with Gasteiger partial charge in [-0.05, 0) is 41.0 Å². The number of alkyl halides is 6. The predicted octanol–water partition coefficient (Wildman–Crippen LogP) is 4.73. The van der Waals surface area contributed by atoms with Crippen molar-refractivity contribution in [1.29, 1.82) is 0 Å². The van der Waals surface area contributed by atoms with Crippen molar-refractivity contribution in [1.82, 2.24) is 25.9 Å². The number of carbonyl (C=O) groups excluding carboxylic acids is 1. The van der Waals surface area contributed by atoms with Crippen molar-refractivity contribution in [3.05, 3.63) is 71.0 Å². The van der Waals surface area contributed by atoms with Gasteiger partial charge in [-0.25, -0.2) is 0 Å². The number of hydrogen-bond donors (Lipinski definition) is 2. The maximum Gasteiger partial charge on any atom is 0.416 e. The van der Waals surface area contributed by atoms with Gasteiger partial charge in [-0.2, -0.15) is 31.6 Å². The Morgan fingerprint density at radius 3 is 2.22 bits per heavy atom. The molecule has 1 aliphatic rings. The van der Waals surface area contributed by atoms with E-state index in [2.05, 4.69) is 25.9 Å². The minimum atomic E-state index is -4.94. The molecule has 0 aliphatic carbocycles. The Hall–Kier alpha value is -3.90. The number of hydrogen-bond acceptors (Lipinski definition) is 5. The first-order chi connectivity index (χ1) is 16.9. The van der Waals surface area contributed by atoms with Crippen molar-refractivity contribution in [3.8, 4) is 5.75 Å². The van der Waals surface area contributed by atoms with Gasteiger partial charge in [0.05, 0.1) is 18.6 Å². The third-order valence-corrected chi connectivity index (χ3v) is 5.75. The van der Waals surface area contributed by atoms with E-state index in [-0.39, 0.29) is 28.3 Å². The maximum absolute atomic E-state index is 14.7. The lowest BCUT2D eigenvalue weighted by atomic mass is 9.76. The van der Waals surface area contributed by atoms with E-state index < -0.39 is 43.2 Å². The molecule has 0 saturated heterocycles. The van der Waals surface area contributed by atoms with E-state index in [4.69, 9.17) is 4.74 Å². The molecule has 4 rings (SSSR count). The number of benzene rings is 2. The molecule has 2 heterocycles. The predicted molar refractivity (Wildman–Crippen MR) is 115 cm³/mol. The zero-order chi connectivity index (χ0) is 26.1. The summed E-state index contributed by atoms with van der Waals surface area (Å²) in [5, 5.41) is 15.2. The summed E-state index contributed by atoms with van der Waals surface area (Å²) >= 11 is 0. The van der Waals surface area contributed by atoms with Gasteiger partial charge < -0.3 is 10.1 Å². The van der Waals surface area contributed by atoms with Gasteiger partial charge in [-0.15, -0.1) is 10.2 Å². The molecule has 7 nitrogen and oxygen atoms in total. The number of H-pyrrole nitrogens is 1. The highest BCUT2D eigenvalue weighted by atomic mass is 19.4. The molecule has 2 N–H and O–H groups in total. The Morgan fingerprint density at radius 1 is 1.00 bits per heavy atom. The van der Waals surface area contributed by atoms with E-state index in [0.717, 1.165) is 29.8 Å². The van der Waals surface area contributed by atoms with Crippen molar-refractivity contribution >= 4 is 17.1 Å². The summed E-state index contributed by atoms with van der Waals surface area (Å²) in [7, 11) is 0. The molecule has 13 heteroatoms. The molecule has 2 aromatic carbocycles. The number of aromatic amines is 1. The Kier molecular flexibility index (Phi) is 6.50. The molecule has 0 spiro atoms. The summed E-state index contributed by atoms with van der Waals surface area (Å²) in [5.41, 5.74) is -2.01. The van der Waals surface area contributed by atoms with Gasteiger partial charge in [0.15, 0.2) is 5.54 Å². The molecular weight excluding hydrogens is 492 g/mol. The van der Waals surface area contributed by atoms with E-state index in [9.17, 15) is 31.1 Å². The molecule has 0 fully saturated rings. The van der Waals surface area contributed by atoms with E-state index >= 15 is 0 Å². The van der Waals surface area contributed by atoms with Gasteiger partial charge in [0.2, 0.25) is 5.82 Å². The lowest BCUT2D eigenvalue weighted by Gasteiger charge is -2.41. The molecule has 1 atom stereocenters. The maximum atomic E-state index is 14.7. The SMILES string of the molecule is Cc1ccc(C2=C(c3nn[nH]n3)C(=O)NC(c3ccc(OCCC(F)(F)F)cc3)(C(F)(F)F)C2)cc1. The molecule has 0 radical (unpaired) electrons. The van der Waals surface area contributed by atoms with Crippen LogP contribution in [0.4, 0.5) is 26.3 Å². The quantitative estimate of drug-likeness (QED) is 0.467. The fraction of sp³-hybridized carbons (Fsp3) is 0.304. The first-order valence-electron chi connectivity index (χ1n) is 10.6. The number of nitrogens with zero attached hydrogens (tertiary/aromatic N) is 3. The minimum absolute atomic E-state index is 0.0377. The molecule has 1 unspecified atom stereocenters. The van der Waals surface area contributed by atoms with Crippen LogP contribution in [-0.4, -0.2) is 45.5 Å². The van der Waals surface area contributed by atoms with Gasteiger partial charge in [-0.3, -0.25) is 4.79 Å². The zero-order valence-corrected chi connectivity index (χ0v) is 18.7. The normalized spacial score (nSPS) is 18.8. The van der Waals surface area contributed by atoms with Crippen LogP contribution in [0.5, 0.6) is 5.75 Å². The third-order valence-electron chi connectivity index (χ3n) is 5.75. The molecule has 1 aromatic heterocycles. The van der Waals surface area contributed by atoms with Gasteiger partial charge in [-0.1, -0.05) is 42.0 Å². The zero-order valence-electron chi connectivity index (χ0n) is 18.7. The fourth-order valence-electron chi connectivity index (χ4n) is 3.93. The highest BCUT2D eigenvalue weighted by Gasteiger charge is 2.59. The van der Waals surface area contributed by atoms with E-state index in [1.165, 1.54) is 0 Å². The van der Waals surface area contributed by atoms with E-state index in [0.29, 0.717) is 5.56 Å². The van der Waals surface area contributed by atoms with Gasteiger partial charge in [0.1, 0.15) is 5.75 Å². The van der Waals surface area contributed by atoms with Crippen molar-refractivity contribution < 1.29 is 35.9 Å². The van der Waals surface area contributed by atoms with Crippen molar-refractivity contribution in [2.24, 2.45) is 0 Å². The first kappa shape index (κ1) is 25.2. The standard InChI is InChI=1S/C23H19F6N5O2/c1-13-2-4-14(5-3-13)17-12-21(23(27,28)29,30-20(35)18(17)19-31-33-34-32-19)15-6-8-16(9-7-15)36-11-10-22(24,25)26/h2-9H,10-12H2,1H3,(H,30,35)(H,31,32,33,34). The highest BCUT2D eigenvalue weighted by molar-refractivity contribution is 6.27. The van der Waals surface area contributed by atoms with Crippen LogP contribution < -0.4 is 10.1 Å². The number of rotatable bonds is 6. The Morgan fingerprint density at radius 2 is 1.67 bits per heavy atom. The Bertz CT molecular complexity index is 1250. The number of halogens is 6. The number of tetrazole rings is 1. The topological polar surface area (TPSA) is 92.8 Å². The average molecular weight is 511 g/mol. The summed E-state index contributed by atoms with van der Waals surface area (Å²) in [6.07, 6.45) is -11.3.